The average molecular weight is 681 g/mol. The molecule has 6 aromatic rings. The van der Waals surface area contributed by atoms with Gasteiger partial charge in [0.25, 0.3) is 13.5 Å². The molecule has 0 bridgehead atoms. The van der Waals surface area contributed by atoms with Crippen molar-refractivity contribution in [3.63, 3.8) is 0 Å². The van der Waals surface area contributed by atoms with E-state index >= 15 is 0 Å². The molecule has 0 atom stereocenters. The Balaban J connectivity index is 0.000000170. The molecule has 2 aliphatic rings. The monoisotopic (exact) mass is 680 g/mol. The summed E-state index contributed by atoms with van der Waals surface area (Å²) in [5.74, 6) is 1.80. The molecule has 8 heteroatoms. The molecule has 0 radical (unpaired) electrons. The Kier molecular flexibility index (Phi) is 9.58. The molecular formula is C43H36BF3N2O2+2. The van der Waals surface area contributed by atoms with E-state index in [2.05, 4.69) is 121 Å². The van der Waals surface area contributed by atoms with Crippen molar-refractivity contribution in [3.05, 3.63) is 173 Å². The van der Waals surface area contributed by atoms with Crippen LogP contribution in [0.4, 0.5) is 24.5 Å². The zero-order valence-corrected chi connectivity index (χ0v) is 28.3. The van der Waals surface area contributed by atoms with E-state index in [-0.39, 0.29) is 13.4 Å². The predicted octanol–water partition coefficient (Wildman–Crippen LogP) is 7.75. The summed E-state index contributed by atoms with van der Waals surface area (Å²) in [5, 5.41) is 0. The van der Waals surface area contributed by atoms with Crippen LogP contribution in [0.15, 0.2) is 146 Å². The Bertz CT molecular complexity index is 2160. The van der Waals surface area contributed by atoms with Crippen LogP contribution in [0.25, 0.3) is 0 Å². The summed E-state index contributed by atoms with van der Waals surface area (Å²) in [6.45, 7) is 5.07. The van der Waals surface area contributed by atoms with Gasteiger partial charge in [0.1, 0.15) is 11.5 Å². The Morgan fingerprint density at radius 1 is 0.490 bits per heavy atom. The van der Waals surface area contributed by atoms with Gasteiger partial charge in [0, 0.05) is 24.3 Å². The molecule has 8 rings (SSSR count). The van der Waals surface area contributed by atoms with Crippen LogP contribution in [0.5, 0.6) is 11.5 Å². The first-order valence-corrected chi connectivity index (χ1v) is 16.8. The Morgan fingerprint density at radius 3 is 1.33 bits per heavy atom. The summed E-state index contributed by atoms with van der Waals surface area (Å²) >= 11 is 0. The lowest BCUT2D eigenvalue weighted by Crippen LogP contribution is -2.51. The lowest BCUT2D eigenvalue weighted by Gasteiger charge is -2.17. The van der Waals surface area contributed by atoms with Gasteiger partial charge in [0.15, 0.2) is 12.4 Å². The number of para-hydroxylation sites is 2. The van der Waals surface area contributed by atoms with E-state index in [9.17, 15) is 13.2 Å². The van der Waals surface area contributed by atoms with Gasteiger partial charge in [-0.2, -0.15) is 22.3 Å². The van der Waals surface area contributed by atoms with Crippen molar-refractivity contribution in [1.82, 2.24) is 0 Å². The standard InChI is InChI=1S/C27H23BNO.C16H13F3NO/c1-21-9-8-10-22-19-29(20-30-27(21)22)26-17-15-25(16-18-26)28(23-11-4-2-5-12-23)24-13-6-3-7-14-24;1-11-3-2-4-12-9-20(10-21-15(11)12)14-7-5-13(6-8-14)16(17,18)19/h2-19H,20H2,1H3;2-9H,10H2,1H3/q2*+1. The van der Waals surface area contributed by atoms with Crippen molar-refractivity contribution in [2.75, 3.05) is 13.5 Å². The maximum Gasteiger partial charge on any atom is 0.416 e. The first-order valence-electron chi connectivity index (χ1n) is 16.8. The smallest absolute Gasteiger partial charge is 0.416 e. The van der Waals surface area contributed by atoms with Crippen LogP contribution < -0.4 is 25.9 Å². The molecule has 6 aromatic carbocycles. The molecule has 2 aliphatic heterocycles. The van der Waals surface area contributed by atoms with E-state index in [0.717, 1.165) is 46.0 Å². The third-order valence-corrected chi connectivity index (χ3v) is 9.12. The minimum absolute atomic E-state index is 0.214. The molecule has 0 spiro atoms. The van der Waals surface area contributed by atoms with Crippen LogP contribution in [0.2, 0.25) is 0 Å². The lowest BCUT2D eigenvalue weighted by molar-refractivity contribution is -0.476. The molecule has 0 aromatic heterocycles. The Labute approximate surface area is 296 Å². The molecule has 0 aliphatic carbocycles. The number of hydrogen-bond acceptors (Lipinski definition) is 2. The van der Waals surface area contributed by atoms with Crippen molar-refractivity contribution in [2.45, 2.75) is 20.0 Å². The highest BCUT2D eigenvalue weighted by atomic mass is 19.4. The van der Waals surface area contributed by atoms with E-state index in [0.29, 0.717) is 12.4 Å². The van der Waals surface area contributed by atoms with Gasteiger partial charge in [-0.1, -0.05) is 113 Å². The van der Waals surface area contributed by atoms with Crippen LogP contribution in [-0.2, 0) is 6.18 Å². The van der Waals surface area contributed by atoms with Gasteiger partial charge in [0.05, 0.1) is 16.7 Å². The van der Waals surface area contributed by atoms with Gasteiger partial charge in [0.2, 0.25) is 18.1 Å². The van der Waals surface area contributed by atoms with Crippen molar-refractivity contribution < 1.29 is 31.8 Å². The number of halogens is 3. The van der Waals surface area contributed by atoms with E-state index in [4.69, 9.17) is 9.47 Å². The number of rotatable bonds is 5. The van der Waals surface area contributed by atoms with E-state index in [1.54, 1.807) is 4.58 Å². The Morgan fingerprint density at radius 2 is 0.902 bits per heavy atom. The highest BCUT2D eigenvalue weighted by molar-refractivity contribution is 6.95. The molecule has 51 heavy (non-hydrogen) atoms. The lowest BCUT2D eigenvalue weighted by atomic mass is 9.37. The predicted molar refractivity (Wildman–Crippen MR) is 199 cm³/mol. The van der Waals surface area contributed by atoms with Gasteiger partial charge in [-0.25, -0.2) is 0 Å². The molecule has 0 N–H and O–H groups in total. The zero-order chi connectivity index (χ0) is 35.4. The minimum Gasteiger partial charge on any atom is -0.435 e. The van der Waals surface area contributed by atoms with E-state index in [1.807, 2.05) is 31.3 Å². The molecule has 0 amide bonds. The third-order valence-electron chi connectivity index (χ3n) is 9.12. The summed E-state index contributed by atoms with van der Waals surface area (Å²) in [6, 6.07) is 47.4. The molecule has 252 valence electrons. The summed E-state index contributed by atoms with van der Waals surface area (Å²) in [5.41, 5.74) is 9.27. The van der Waals surface area contributed by atoms with Gasteiger partial charge in [-0.15, -0.1) is 0 Å². The van der Waals surface area contributed by atoms with Gasteiger partial charge in [-0.3, -0.25) is 0 Å². The van der Waals surface area contributed by atoms with Crippen molar-refractivity contribution in [3.8, 4) is 11.5 Å². The first-order chi connectivity index (χ1) is 24.7. The topological polar surface area (TPSA) is 24.5 Å². The van der Waals surface area contributed by atoms with Crippen LogP contribution in [-0.4, -0.2) is 41.8 Å². The molecule has 0 fully saturated rings. The molecule has 0 unspecified atom stereocenters. The fourth-order valence-corrected chi connectivity index (χ4v) is 6.49. The largest absolute Gasteiger partial charge is 0.435 e. The van der Waals surface area contributed by atoms with Crippen LogP contribution in [0.1, 0.15) is 27.8 Å². The van der Waals surface area contributed by atoms with Gasteiger partial charge < -0.3 is 9.47 Å². The second-order valence-electron chi connectivity index (χ2n) is 12.6. The van der Waals surface area contributed by atoms with Crippen LogP contribution >= 0.6 is 0 Å². The quantitative estimate of drug-likeness (QED) is 0.138. The summed E-state index contributed by atoms with van der Waals surface area (Å²) in [6.07, 6.45) is -0.258. The number of alkyl halides is 3. The fourth-order valence-electron chi connectivity index (χ4n) is 6.49. The molecule has 0 saturated heterocycles. The second kappa shape index (κ2) is 14.5. The maximum atomic E-state index is 12.6. The van der Waals surface area contributed by atoms with Gasteiger partial charge in [-0.05, 0) is 49.2 Å². The number of aryl methyl sites for hydroxylation is 2. The first kappa shape index (κ1) is 33.6. The Hall–Kier alpha value is -5.89. The zero-order valence-electron chi connectivity index (χ0n) is 28.3. The average Bonchev–Trinajstić information content (AvgIpc) is 3.16. The summed E-state index contributed by atoms with van der Waals surface area (Å²) < 4.78 is 53.3. The fraction of sp³-hybridized carbons (Fsp3) is 0.116. The molecular weight excluding hydrogens is 644 g/mol. The maximum absolute atomic E-state index is 12.6. The number of nitrogens with zero attached hydrogens (tertiary/aromatic N) is 2. The third kappa shape index (κ3) is 7.50. The molecule has 0 saturated carbocycles. The highest BCUT2D eigenvalue weighted by Crippen LogP contribution is 2.31. The second-order valence-corrected chi connectivity index (χ2v) is 12.6. The van der Waals surface area contributed by atoms with Crippen molar-refractivity contribution in [2.24, 2.45) is 0 Å². The van der Waals surface area contributed by atoms with E-state index < -0.39 is 11.7 Å². The number of ether oxygens (including phenoxy) is 2. The van der Waals surface area contributed by atoms with E-state index in [1.165, 1.54) is 34.1 Å². The minimum atomic E-state index is -4.32. The van der Waals surface area contributed by atoms with Crippen LogP contribution in [0, 0.1) is 13.8 Å². The summed E-state index contributed by atoms with van der Waals surface area (Å²) in [7, 11) is 0. The number of benzene rings is 6. The van der Waals surface area contributed by atoms with Gasteiger partial charge >= 0.3 is 6.18 Å². The highest BCUT2D eigenvalue weighted by Gasteiger charge is 2.31. The van der Waals surface area contributed by atoms with Crippen molar-refractivity contribution >= 4 is 46.9 Å². The van der Waals surface area contributed by atoms with Crippen molar-refractivity contribution in [1.29, 1.82) is 0 Å². The SMILES string of the molecule is Cc1cccc2c1OC[N+](c1ccc(B(c3ccccc3)c3ccccc3)cc1)=C2.Cc1cccc2c1OC[N+](c1ccc(C(F)(F)F)cc1)=C2. The number of hydrogen-bond donors (Lipinski definition) is 0. The normalized spacial score (nSPS) is 13.2. The molecule has 4 nitrogen and oxygen atoms in total. The van der Waals surface area contributed by atoms with Crippen LogP contribution in [0.3, 0.4) is 0 Å². The number of fused-ring (bicyclic) bond motifs is 2. The molecule has 2 heterocycles. The summed E-state index contributed by atoms with van der Waals surface area (Å²) in [4.78, 5) is 0.